The Morgan fingerprint density at radius 1 is 1.20 bits per heavy atom. The summed E-state index contributed by atoms with van der Waals surface area (Å²) in [6.07, 6.45) is 0.238. The van der Waals surface area contributed by atoms with Crippen LogP contribution in [0.15, 0.2) is 51.7 Å². The summed E-state index contributed by atoms with van der Waals surface area (Å²) in [6.45, 7) is -1.11. The lowest BCUT2D eigenvalue weighted by molar-refractivity contribution is -0.121. The number of para-hydroxylation sites is 1. The topological polar surface area (TPSA) is 77.8 Å². The summed E-state index contributed by atoms with van der Waals surface area (Å²) < 4.78 is 39.9. The zero-order valence-electron chi connectivity index (χ0n) is 16.5. The van der Waals surface area contributed by atoms with Crippen molar-refractivity contribution < 1.29 is 27.5 Å². The summed E-state index contributed by atoms with van der Waals surface area (Å²) in [5.41, 5.74) is 1.51. The maximum atomic E-state index is 12.5. The minimum absolute atomic E-state index is 0.00856. The molecule has 8 heteroatoms. The highest BCUT2D eigenvalue weighted by atomic mass is 19.3. The van der Waals surface area contributed by atoms with Crippen LogP contribution < -0.4 is 20.4 Å². The molecule has 0 bridgehead atoms. The molecule has 0 aliphatic heterocycles. The predicted octanol–water partition coefficient (Wildman–Crippen LogP) is 3.96. The lowest BCUT2D eigenvalue weighted by Crippen LogP contribution is -2.24. The van der Waals surface area contributed by atoms with Gasteiger partial charge in [-0.05, 0) is 37.1 Å². The molecule has 6 nitrogen and oxygen atoms in total. The Labute approximate surface area is 171 Å². The van der Waals surface area contributed by atoms with Crippen LogP contribution in [0.25, 0.3) is 11.0 Å². The van der Waals surface area contributed by atoms with Gasteiger partial charge < -0.3 is 19.2 Å². The molecule has 3 aromatic rings. The van der Waals surface area contributed by atoms with Crippen LogP contribution >= 0.6 is 0 Å². The fraction of sp³-hybridized carbons (Fsp3) is 0.273. The monoisotopic (exact) mass is 417 g/mol. The first kappa shape index (κ1) is 21.3. The Morgan fingerprint density at radius 2 is 1.97 bits per heavy atom. The number of fused-ring (bicyclic) bond motifs is 1. The largest absolute Gasteiger partial charge is 0.497 e. The van der Waals surface area contributed by atoms with E-state index < -0.39 is 12.2 Å². The van der Waals surface area contributed by atoms with Crippen molar-refractivity contribution in [1.29, 1.82) is 0 Å². The van der Waals surface area contributed by atoms with Crippen LogP contribution in [-0.2, 0) is 17.8 Å². The van der Waals surface area contributed by atoms with Gasteiger partial charge in [0.15, 0.2) is 0 Å². The van der Waals surface area contributed by atoms with Gasteiger partial charge in [-0.15, -0.1) is 0 Å². The number of hydrogen-bond donors (Lipinski definition) is 1. The van der Waals surface area contributed by atoms with E-state index >= 15 is 0 Å². The van der Waals surface area contributed by atoms with Crippen LogP contribution in [0.3, 0.4) is 0 Å². The quantitative estimate of drug-likeness (QED) is 0.562. The Bertz CT molecular complexity index is 1110. The van der Waals surface area contributed by atoms with Crippen molar-refractivity contribution in [2.75, 3.05) is 7.11 Å². The van der Waals surface area contributed by atoms with Crippen LogP contribution in [-0.4, -0.2) is 19.6 Å². The normalized spacial score (nSPS) is 11.0. The van der Waals surface area contributed by atoms with E-state index in [1.54, 1.807) is 43.3 Å². The van der Waals surface area contributed by atoms with Gasteiger partial charge in [-0.2, -0.15) is 8.78 Å². The van der Waals surface area contributed by atoms with E-state index in [0.717, 1.165) is 10.9 Å². The Balaban J connectivity index is 1.67. The average Bonchev–Trinajstić information content (AvgIpc) is 2.72. The van der Waals surface area contributed by atoms with E-state index in [1.807, 2.05) is 0 Å². The molecule has 1 heterocycles. The minimum Gasteiger partial charge on any atom is -0.497 e. The van der Waals surface area contributed by atoms with Crippen LogP contribution in [0.4, 0.5) is 8.78 Å². The first-order chi connectivity index (χ1) is 14.4. The van der Waals surface area contributed by atoms with E-state index in [9.17, 15) is 18.4 Å². The van der Waals surface area contributed by atoms with Gasteiger partial charge in [-0.3, -0.25) is 4.79 Å². The molecule has 0 fully saturated rings. The molecule has 1 N–H and O–H groups in total. The Kier molecular flexibility index (Phi) is 6.66. The predicted molar refractivity (Wildman–Crippen MR) is 107 cm³/mol. The smallest absolute Gasteiger partial charge is 0.387 e. The molecule has 1 amide bonds. The molecule has 0 spiro atoms. The molecule has 0 unspecified atom stereocenters. The maximum Gasteiger partial charge on any atom is 0.387 e. The molecule has 2 aromatic carbocycles. The third-order valence-corrected chi connectivity index (χ3v) is 4.76. The second-order valence-corrected chi connectivity index (χ2v) is 6.62. The molecule has 0 aliphatic rings. The van der Waals surface area contributed by atoms with Crippen LogP contribution in [0, 0.1) is 6.92 Å². The van der Waals surface area contributed by atoms with E-state index in [0.29, 0.717) is 22.5 Å². The average molecular weight is 417 g/mol. The second kappa shape index (κ2) is 9.39. The molecule has 3 rings (SSSR count). The Hall–Kier alpha value is -3.42. The van der Waals surface area contributed by atoms with Crippen molar-refractivity contribution in [2.24, 2.45) is 0 Å². The Morgan fingerprint density at radius 3 is 2.70 bits per heavy atom. The zero-order chi connectivity index (χ0) is 21.7. The minimum atomic E-state index is -2.95. The van der Waals surface area contributed by atoms with E-state index in [-0.39, 0.29) is 31.0 Å². The van der Waals surface area contributed by atoms with Gasteiger partial charge in [0.05, 0.1) is 7.11 Å². The highest BCUT2D eigenvalue weighted by Crippen LogP contribution is 2.24. The zero-order valence-corrected chi connectivity index (χ0v) is 16.5. The van der Waals surface area contributed by atoms with Gasteiger partial charge in [0.2, 0.25) is 5.91 Å². The van der Waals surface area contributed by atoms with E-state index in [1.165, 1.54) is 13.2 Å². The molecule has 30 heavy (non-hydrogen) atoms. The molecule has 0 aliphatic carbocycles. The van der Waals surface area contributed by atoms with Crippen LogP contribution in [0.1, 0.15) is 23.1 Å². The standard InChI is InChI=1S/C22H21F2NO5/c1-13-16-8-7-15(28-2)11-19(16)29-21(27)17(13)9-10-20(26)25-12-14-5-3-4-6-18(14)30-22(23)24/h3-8,11,22H,9-10,12H2,1-2H3,(H,25,26). The third-order valence-electron chi connectivity index (χ3n) is 4.76. The number of hydrogen-bond acceptors (Lipinski definition) is 5. The van der Waals surface area contributed by atoms with Gasteiger partial charge in [-0.25, -0.2) is 4.79 Å². The van der Waals surface area contributed by atoms with Gasteiger partial charge >= 0.3 is 12.2 Å². The van der Waals surface area contributed by atoms with Crippen molar-refractivity contribution in [2.45, 2.75) is 32.9 Å². The van der Waals surface area contributed by atoms with Gasteiger partial charge in [-0.1, -0.05) is 18.2 Å². The fourth-order valence-electron chi connectivity index (χ4n) is 3.17. The summed E-state index contributed by atoms with van der Waals surface area (Å²) in [6, 6.07) is 11.4. The number of rotatable bonds is 8. The van der Waals surface area contributed by atoms with Crippen LogP contribution in [0.2, 0.25) is 0 Å². The number of methoxy groups -OCH3 is 1. The summed E-state index contributed by atoms with van der Waals surface area (Å²) in [7, 11) is 1.52. The van der Waals surface area contributed by atoms with Gasteiger partial charge in [0.25, 0.3) is 0 Å². The molecule has 1 aromatic heterocycles. The molecule has 158 valence electrons. The number of alkyl halides is 2. The van der Waals surface area contributed by atoms with E-state index in [2.05, 4.69) is 10.1 Å². The number of aryl methyl sites for hydroxylation is 1. The van der Waals surface area contributed by atoms with Crippen molar-refractivity contribution in [3.05, 3.63) is 69.6 Å². The first-order valence-electron chi connectivity index (χ1n) is 9.28. The highest BCUT2D eigenvalue weighted by molar-refractivity contribution is 5.82. The molecule has 0 radical (unpaired) electrons. The van der Waals surface area contributed by atoms with Crippen molar-refractivity contribution in [3.63, 3.8) is 0 Å². The summed E-state index contributed by atoms with van der Waals surface area (Å²) in [4.78, 5) is 24.6. The second-order valence-electron chi connectivity index (χ2n) is 6.62. The number of nitrogens with one attached hydrogen (secondary N) is 1. The number of ether oxygens (including phenoxy) is 2. The maximum absolute atomic E-state index is 12.5. The van der Waals surface area contributed by atoms with Crippen molar-refractivity contribution in [3.8, 4) is 11.5 Å². The number of benzene rings is 2. The number of carbonyl (C=O) groups is 1. The van der Waals surface area contributed by atoms with E-state index in [4.69, 9.17) is 9.15 Å². The first-order valence-corrected chi connectivity index (χ1v) is 9.28. The molecule has 0 saturated heterocycles. The fourth-order valence-corrected chi connectivity index (χ4v) is 3.17. The molecular weight excluding hydrogens is 396 g/mol. The van der Waals surface area contributed by atoms with Crippen LogP contribution in [0.5, 0.6) is 11.5 Å². The van der Waals surface area contributed by atoms with Gasteiger partial charge in [0.1, 0.15) is 17.1 Å². The number of carbonyl (C=O) groups excluding carboxylic acids is 1. The summed E-state index contributed by atoms with van der Waals surface area (Å²) in [5, 5.41) is 3.43. The summed E-state index contributed by atoms with van der Waals surface area (Å²) >= 11 is 0. The van der Waals surface area contributed by atoms with Crippen molar-refractivity contribution >= 4 is 16.9 Å². The molecular formula is C22H21F2NO5. The molecule has 0 atom stereocenters. The van der Waals surface area contributed by atoms with Crippen molar-refractivity contribution in [1.82, 2.24) is 5.32 Å². The lowest BCUT2D eigenvalue weighted by Gasteiger charge is -2.12. The number of amides is 1. The summed E-state index contributed by atoms with van der Waals surface area (Å²) in [5.74, 6) is 0.262. The number of halogens is 2. The van der Waals surface area contributed by atoms with Gasteiger partial charge in [0, 0.05) is 35.5 Å². The SMILES string of the molecule is COc1ccc2c(C)c(CCC(=O)NCc3ccccc3OC(F)F)c(=O)oc2c1. The molecule has 0 saturated carbocycles. The highest BCUT2D eigenvalue weighted by Gasteiger charge is 2.14. The lowest BCUT2D eigenvalue weighted by atomic mass is 10.0. The third kappa shape index (κ3) is 4.94.